The Morgan fingerprint density at radius 1 is 1.19 bits per heavy atom. The van der Waals surface area contributed by atoms with Crippen LogP contribution in [0, 0.1) is 0 Å². The van der Waals surface area contributed by atoms with Gasteiger partial charge in [-0.1, -0.05) is 43.4 Å². The average Bonchev–Trinajstić information content (AvgIpc) is 2.16. The molecule has 0 bridgehead atoms. The Morgan fingerprint density at radius 2 is 1.75 bits per heavy atom. The van der Waals surface area contributed by atoms with E-state index in [0.29, 0.717) is 5.92 Å². The van der Waals surface area contributed by atoms with E-state index in [0.717, 1.165) is 11.6 Å². The molecule has 0 aromatic heterocycles. The van der Waals surface area contributed by atoms with Gasteiger partial charge < -0.3 is 5.32 Å². The number of benzene rings is 1. The summed E-state index contributed by atoms with van der Waals surface area (Å²) in [6, 6.07) is 9.61. The van der Waals surface area contributed by atoms with Gasteiger partial charge in [0, 0.05) is 19.6 Å². The third kappa shape index (κ3) is 4.68. The fourth-order valence-electron chi connectivity index (χ4n) is 2.03. The molecule has 1 atom stereocenters. The van der Waals surface area contributed by atoms with E-state index in [2.05, 4.69) is 37.1 Å². The van der Waals surface area contributed by atoms with Gasteiger partial charge in [-0.05, 0) is 36.7 Å². The maximum Gasteiger partial charge on any atom is 0.0449 e. The largest absolute Gasteiger partial charge is 0.319 e. The van der Waals surface area contributed by atoms with Crippen molar-refractivity contribution in [2.45, 2.75) is 31.6 Å². The van der Waals surface area contributed by atoms with Gasteiger partial charge in [-0.2, -0.15) is 0 Å². The minimum Gasteiger partial charge on any atom is -0.319 e. The molecule has 0 saturated heterocycles. The molecule has 0 aliphatic carbocycles. The van der Waals surface area contributed by atoms with Crippen LogP contribution in [0.4, 0.5) is 0 Å². The van der Waals surface area contributed by atoms with Gasteiger partial charge in [-0.25, -0.2) is 0 Å². The van der Waals surface area contributed by atoms with Gasteiger partial charge in [-0.15, -0.1) is 0 Å². The highest BCUT2D eigenvalue weighted by Gasteiger charge is 2.21. The van der Waals surface area contributed by atoms with Crippen LogP contribution in [0.5, 0.6) is 0 Å². The van der Waals surface area contributed by atoms with Crippen molar-refractivity contribution in [1.82, 2.24) is 5.32 Å². The first-order valence-electron chi connectivity index (χ1n) is 5.82. The quantitative estimate of drug-likeness (QED) is 0.785. The molecule has 0 aliphatic heterocycles. The van der Waals surface area contributed by atoms with E-state index in [9.17, 15) is 0 Å². The molecule has 1 nitrogen and oxygen atoms in total. The Labute approximate surface area is 105 Å². The van der Waals surface area contributed by atoms with E-state index < -0.39 is 8.07 Å². The lowest BCUT2D eigenvalue weighted by atomic mass is 10.0. The highest BCUT2D eigenvalue weighted by molar-refractivity contribution is 6.76. The van der Waals surface area contributed by atoms with Crippen molar-refractivity contribution in [3.05, 3.63) is 34.9 Å². The molecule has 0 aliphatic rings. The normalized spacial score (nSPS) is 13.8. The maximum absolute atomic E-state index is 5.92. The van der Waals surface area contributed by atoms with Crippen molar-refractivity contribution >= 4 is 19.7 Å². The Kier molecular flexibility index (Phi) is 5.03. The molecule has 0 saturated carbocycles. The maximum atomic E-state index is 5.92. The molecule has 1 rings (SSSR count). The summed E-state index contributed by atoms with van der Waals surface area (Å²) in [7, 11) is 0.994. The molecule has 0 fully saturated rings. The molecule has 1 N–H and O–H groups in total. The van der Waals surface area contributed by atoms with Crippen LogP contribution in [-0.4, -0.2) is 21.7 Å². The van der Waals surface area contributed by atoms with Crippen LogP contribution in [0.15, 0.2) is 24.3 Å². The SMILES string of the molecule is CNCC(C[Si](C)(C)C)c1ccc(Cl)cc1. The van der Waals surface area contributed by atoms with Crippen molar-refractivity contribution in [3.63, 3.8) is 0 Å². The molecule has 90 valence electrons. The van der Waals surface area contributed by atoms with Crippen molar-refractivity contribution in [2.24, 2.45) is 0 Å². The van der Waals surface area contributed by atoms with Gasteiger partial charge in [0.1, 0.15) is 0 Å². The van der Waals surface area contributed by atoms with E-state index in [1.807, 2.05) is 19.2 Å². The van der Waals surface area contributed by atoms with E-state index in [4.69, 9.17) is 11.6 Å². The Balaban J connectivity index is 2.80. The summed E-state index contributed by atoms with van der Waals surface area (Å²) in [6.07, 6.45) is 0. The molecule has 0 heterocycles. The fraction of sp³-hybridized carbons (Fsp3) is 0.538. The topological polar surface area (TPSA) is 12.0 Å². The van der Waals surface area contributed by atoms with Crippen LogP contribution in [0.1, 0.15) is 11.5 Å². The Bertz CT molecular complexity index is 316. The molecule has 1 unspecified atom stereocenters. The summed E-state index contributed by atoms with van der Waals surface area (Å²) in [5.74, 6) is 0.619. The van der Waals surface area contributed by atoms with Crippen LogP contribution in [0.25, 0.3) is 0 Å². The van der Waals surface area contributed by atoms with Gasteiger partial charge in [0.15, 0.2) is 0 Å². The second-order valence-corrected chi connectivity index (χ2v) is 11.5. The fourth-order valence-corrected chi connectivity index (χ4v) is 4.01. The van der Waals surface area contributed by atoms with Gasteiger partial charge in [-0.3, -0.25) is 0 Å². The lowest BCUT2D eigenvalue weighted by Crippen LogP contribution is -2.27. The number of halogens is 1. The second kappa shape index (κ2) is 5.85. The molecule has 0 radical (unpaired) electrons. The lowest BCUT2D eigenvalue weighted by molar-refractivity contribution is 0.670. The van der Waals surface area contributed by atoms with Crippen molar-refractivity contribution in [3.8, 4) is 0 Å². The van der Waals surface area contributed by atoms with Gasteiger partial charge >= 0.3 is 0 Å². The van der Waals surface area contributed by atoms with E-state index >= 15 is 0 Å². The minimum atomic E-state index is -1.03. The lowest BCUT2D eigenvalue weighted by Gasteiger charge is -2.25. The number of hydrogen-bond donors (Lipinski definition) is 1. The summed E-state index contributed by atoms with van der Waals surface area (Å²) in [5.41, 5.74) is 1.40. The van der Waals surface area contributed by atoms with Crippen LogP contribution in [0.2, 0.25) is 30.7 Å². The van der Waals surface area contributed by atoms with Crippen LogP contribution >= 0.6 is 11.6 Å². The molecule has 3 heteroatoms. The molecule has 1 aromatic carbocycles. The smallest absolute Gasteiger partial charge is 0.0449 e. The van der Waals surface area contributed by atoms with Crippen molar-refractivity contribution < 1.29 is 0 Å². The van der Waals surface area contributed by atoms with E-state index in [-0.39, 0.29) is 0 Å². The van der Waals surface area contributed by atoms with Gasteiger partial charge in [0.05, 0.1) is 0 Å². The summed E-state index contributed by atoms with van der Waals surface area (Å²) < 4.78 is 0. The van der Waals surface area contributed by atoms with E-state index in [1.165, 1.54) is 11.6 Å². The van der Waals surface area contributed by atoms with Gasteiger partial charge in [0.2, 0.25) is 0 Å². The third-order valence-electron chi connectivity index (χ3n) is 2.65. The number of hydrogen-bond acceptors (Lipinski definition) is 1. The Morgan fingerprint density at radius 3 is 2.19 bits per heavy atom. The first-order valence-corrected chi connectivity index (χ1v) is 9.91. The van der Waals surface area contributed by atoms with Crippen molar-refractivity contribution in [2.75, 3.05) is 13.6 Å². The van der Waals surface area contributed by atoms with E-state index in [1.54, 1.807) is 0 Å². The first kappa shape index (κ1) is 13.8. The summed E-state index contributed by atoms with van der Waals surface area (Å²) in [4.78, 5) is 0. The highest BCUT2D eigenvalue weighted by Crippen LogP contribution is 2.27. The zero-order chi connectivity index (χ0) is 12.2. The Hall–Kier alpha value is -0.313. The standard InChI is InChI=1S/C13H22ClNSi/c1-15-9-12(10-16(2,3)4)11-5-7-13(14)8-6-11/h5-8,12,15H,9-10H2,1-4H3. The highest BCUT2D eigenvalue weighted by atomic mass is 35.5. The third-order valence-corrected chi connectivity index (χ3v) is 4.62. The van der Waals surface area contributed by atoms with Gasteiger partial charge in [0.25, 0.3) is 0 Å². The molecule has 0 spiro atoms. The monoisotopic (exact) mass is 255 g/mol. The summed E-state index contributed by atoms with van der Waals surface area (Å²) in [5, 5.41) is 4.11. The number of likely N-dealkylation sites (N-methyl/N-ethyl adjacent to an activating group) is 1. The second-order valence-electron chi connectivity index (χ2n) is 5.57. The zero-order valence-electron chi connectivity index (χ0n) is 10.7. The predicted molar refractivity (Wildman–Crippen MR) is 76.3 cm³/mol. The van der Waals surface area contributed by atoms with Crippen LogP contribution in [0.3, 0.4) is 0 Å². The summed E-state index contributed by atoms with van der Waals surface area (Å²) in [6.45, 7) is 8.31. The first-order chi connectivity index (χ1) is 7.42. The zero-order valence-corrected chi connectivity index (χ0v) is 12.4. The molecular formula is C13H22ClNSi. The molecular weight excluding hydrogens is 234 g/mol. The van der Waals surface area contributed by atoms with Crippen LogP contribution < -0.4 is 5.32 Å². The van der Waals surface area contributed by atoms with Crippen LogP contribution in [-0.2, 0) is 0 Å². The molecule has 16 heavy (non-hydrogen) atoms. The summed E-state index contributed by atoms with van der Waals surface area (Å²) >= 11 is 5.92. The minimum absolute atomic E-state index is 0.619. The molecule has 1 aromatic rings. The number of nitrogens with one attached hydrogen (secondary N) is 1. The molecule has 0 amide bonds. The average molecular weight is 256 g/mol. The predicted octanol–water partition coefficient (Wildman–Crippen LogP) is 3.98. The van der Waals surface area contributed by atoms with Crippen molar-refractivity contribution in [1.29, 1.82) is 0 Å². The number of rotatable bonds is 5.